The Morgan fingerprint density at radius 2 is 2.12 bits per heavy atom. The van der Waals surface area contributed by atoms with Crippen molar-refractivity contribution in [3.63, 3.8) is 0 Å². The van der Waals surface area contributed by atoms with E-state index in [9.17, 15) is 0 Å². The standard InChI is InChI=1S/C7H11.K/c1-7-5-3-2-4-6-7;/h5H,1-4,6H2;/q;+1. The molecule has 1 aliphatic rings. The van der Waals surface area contributed by atoms with Crippen LogP contribution in [0.15, 0.2) is 11.6 Å². The van der Waals surface area contributed by atoms with Crippen LogP contribution in [0.25, 0.3) is 0 Å². The van der Waals surface area contributed by atoms with Gasteiger partial charge >= 0.3 is 51.4 Å². The van der Waals surface area contributed by atoms with Crippen LogP contribution in [-0.2, 0) is 0 Å². The normalized spacial score (nSPS) is 18.9. The van der Waals surface area contributed by atoms with Crippen molar-refractivity contribution in [3.8, 4) is 0 Å². The van der Waals surface area contributed by atoms with Crippen molar-refractivity contribution >= 4 is 0 Å². The number of allylic oxidation sites excluding steroid dienone is 2. The molecular formula is C7H11K+. The van der Waals surface area contributed by atoms with Crippen molar-refractivity contribution in [2.75, 3.05) is 0 Å². The number of hydrogen-bond acceptors (Lipinski definition) is 0. The maximum atomic E-state index is 3.86. The largest absolute Gasteiger partial charge is 1.00 e. The van der Waals surface area contributed by atoms with Gasteiger partial charge in [-0.15, -0.1) is 0 Å². The van der Waals surface area contributed by atoms with Crippen LogP contribution in [0.5, 0.6) is 0 Å². The van der Waals surface area contributed by atoms with Gasteiger partial charge in [0.1, 0.15) is 0 Å². The molecule has 0 unspecified atom stereocenters. The Labute approximate surface area is 94.2 Å². The Morgan fingerprint density at radius 1 is 1.38 bits per heavy atom. The molecule has 0 aliphatic heterocycles. The van der Waals surface area contributed by atoms with Crippen LogP contribution in [0.2, 0.25) is 0 Å². The summed E-state index contributed by atoms with van der Waals surface area (Å²) in [4.78, 5) is 0. The summed E-state index contributed by atoms with van der Waals surface area (Å²) in [7, 11) is 0. The fourth-order valence-corrected chi connectivity index (χ4v) is 0.905. The third-order valence-corrected chi connectivity index (χ3v) is 1.39. The molecule has 0 fully saturated rings. The summed E-state index contributed by atoms with van der Waals surface area (Å²) in [5.41, 5.74) is 1.34. The number of rotatable bonds is 0. The van der Waals surface area contributed by atoms with E-state index in [1.807, 2.05) is 0 Å². The zero-order chi connectivity index (χ0) is 5.11. The van der Waals surface area contributed by atoms with Crippen LogP contribution < -0.4 is 51.4 Å². The summed E-state index contributed by atoms with van der Waals surface area (Å²) in [6, 6.07) is 0. The molecule has 0 heterocycles. The first kappa shape index (κ1) is 9.38. The third kappa shape index (κ3) is 3.41. The van der Waals surface area contributed by atoms with Gasteiger partial charge in [-0.3, -0.25) is 0 Å². The van der Waals surface area contributed by atoms with E-state index in [4.69, 9.17) is 0 Å². The average Bonchev–Trinajstić information content (AvgIpc) is 1.69. The van der Waals surface area contributed by atoms with Crippen molar-refractivity contribution in [1.29, 1.82) is 0 Å². The second kappa shape index (κ2) is 5.18. The molecule has 8 heavy (non-hydrogen) atoms. The van der Waals surface area contributed by atoms with Crippen LogP contribution in [-0.4, -0.2) is 0 Å². The van der Waals surface area contributed by atoms with E-state index in [2.05, 4.69) is 13.0 Å². The zero-order valence-corrected chi connectivity index (χ0v) is 8.74. The topological polar surface area (TPSA) is 0 Å². The van der Waals surface area contributed by atoms with Gasteiger partial charge < -0.3 is 0 Å². The fraction of sp³-hybridized carbons (Fsp3) is 0.571. The summed E-state index contributed by atoms with van der Waals surface area (Å²) < 4.78 is 0. The van der Waals surface area contributed by atoms with Crippen LogP contribution in [0.3, 0.4) is 0 Å². The Hall–Kier alpha value is 1.38. The van der Waals surface area contributed by atoms with Crippen LogP contribution >= 0.6 is 0 Å². The molecule has 0 amide bonds. The molecule has 0 aromatic rings. The molecular weight excluding hydrogens is 123 g/mol. The van der Waals surface area contributed by atoms with Gasteiger partial charge in [-0.1, -0.05) is 11.6 Å². The average molecular weight is 134 g/mol. The molecule has 1 heteroatoms. The Morgan fingerprint density at radius 3 is 2.38 bits per heavy atom. The van der Waals surface area contributed by atoms with Gasteiger partial charge in [0.25, 0.3) is 0 Å². The minimum atomic E-state index is 0. The summed E-state index contributed by atoms with van der Waals surface area (Å²) in [6.07, 6.45) is 7.47. The number of hydrogen-bond donors (Lipinski definition) is 0. The summed E-state index contributed by atoms with van der Waals surface area (Å²) in [5.74, 6) is 0. The second-order valence-electron chi connectivity index (χ2n) is 2.11. The maximum Gasteiger partial charge on any atom is 1.00 e. The Bertz CT molecular complexity index is 84.4. The summed E-state index contributed by atoms with van der Waals surface area (Å²) in [5, 5.41) is 0. The predicted molar refractivity (Wildman–Crippen MR) is 31.9 cm³/mol. The van der Waals surface area contributed by atoms with Gasteiger partial charge in [-0.2, -0.15) is 0 Å². The SMILES string of the molecule is [CH2]C1=CCCCC1.[K+]. The molecule has 0 aromatic carbocycles. The van der Waals surface area contributed by atoms with Gasteiger partial charge in [0, 0.05) is 0 Å². The molecule has 0 aromatic heterocycles. The summed E-state index contributed by atoms with van der Waals surface area (Å²) >= 11 is 0. The smallest absolute Gasteiger partial charge is 0.0853 e. The van der Waals surface area contributed by atoms with E-state index in [1.165, 1.54) is 31.3 Å². The Balaban J connectivity index is 0.000000490. The minimum Gasteiger partial charge on any atom is -0.0853 e. The van der Waals surface area contributed by atoms with E-state index in [0.717, 1.165) is 0 Å². The van der Waals surface area contributed by atoms with Crippen molar-refractivity contribution in [2.45, 2.75) is 25.7 Å². The van der Waals surface area contributed by atoms with Crippen LogP contribution in [0.1, 0.15) is 25.7 Å². The van der Waals surface area contributed by atoms with E-state index < -0.39 is 0 Å². The van der Waals surface area contributed by atoms with E-state index in [-0.39, 0.29) is 51.4 Å². The third-order valence-electron chi connectivity index (χ3n) is 1.39. The van der Waals surface area contributed by atoms with Gasteiger partial charge in [0.05, 0.1) is 0 Å². The molecule has 0 spiro atoms. The van der Waals surface area contributed by atoms with Gasteiger partial charge in [0.15, 0.2) is 0 Å². The minimum absolute atomic E-state index is 0. The van der Waals surface area contributed by atoms with E-state index in [0.29, 0.717) is 0 Å². The van der Waals surface area contributed by atoms with Crippen molar-refractivity contribution in [2.24, 2.45) is 0 Å². The van der Waals surface area contributed by atoms with Crippen molar-refractivity contribution in [1.82, 2.24) is 0 Å². The first-order valence-corrected chi connectivity index (χ1v) is 2.90. The van der Waals surface area contributed by atoms with Gasteiger partial charge in [0.2, 0.25) is 0 Å². The van der Waals surface area contributed by atoms with Crippen molar-refractivity contribution < 1.29 is 51.4 Å². The molecule has 1 rings (SSSR count). The molecule has 1 aliphatic carbocycles. The maximum absolute atomic E-state index is 3.86. The van der Waals surface area contributed by atoms with Crippen LogP contribution in [0.4, 0.5) is 0 Å². The molecule has 39 valence electrons. The van der Waals surface area contributed by atoms with E-state index in [1.54, 1.807) is 0 Å². The first-order chi connectivity index (χ1) is 3.39. The quantitative estimate of drug-likeness (QED) is 0.385. The molecule has 0 nitrogen and oxygen atoms in total. The van der Waals surface area contributed by atoms with E-state index >= 15 is 0 Å². The monoisotopic (exact) mass is 134 g/mol. The van der Waals surface area contributed by atoms with Crippen molar-refractivity contribution in [3.05, 3.63) is 18.6 Å². The molecule has 0 bridgehead atoms. The summed E-state index contributed by atoms with van der Waals surface area (Å²) in [6.45, 7) is 3.86. The second-order valence-corrected chi connectivity index (χ2v) is 2.11. The Kier molecular flexibility index (Phi) is 6.08. The first-order valence-electron chi connectivity index (χ1n) is 2.90. The molecule has 0 N–H and O–H groups in total. The predicted octanol–water partition coefficient (Wildman–Crippen LogP) is -0.675. The molecule has 0 saturated heterocycles. The van der Waals surface area contributed by atoms with Gasteiger partial charge in [-0.25, -0.2) is 0 Å². The molecule has 0 atom stereocenters. The fourth-order valence-electron chi connectivity index (χ4n) is 0.905. The zero-order valence-electron chi connectivity index (χ0n) is 5.61. The molecule has 0 saturated carbocycles. The molecule has 1 radical (unpaired) electrons. The van der Waals surface area contributed by atoms with Crippen LogP contribution in [0, 0.1) is 6.92 Å². The van der Waals surface area contributed by atoms with Gasteiger partial charge in [-0.05, 0) is 32.6 Å².